The average Bonchev–Trinajstić information content (AvgIpc) is 1.84. The number of alkyl halides is 4. The van der Waals surface area contributed by atoms with Crippen molar-refractivity contribution in [1.82, 2.24) is 0 Å². The van der Waals surface area contributed by atoms with Gasteiger partial charge in [-0.3, -0.25) is 0 Å². The molecule has 0 aromatic rings. The molecule has 0 amide bonds. The Labute approximate surface area is 59.2 Å². The first-order valence-corrected chi connectivity index (χ1v) is 2.69. The van der Waals surface area contributed by atoms with Crippen molar-refractivity contribution in [3.63, 3.8) is 0 Å². The van der Waals surface area contributed by atoms with Gasteiger partial charge in [0.1, 0.15) is 0 Å². The molecule has 0 aromatic carbocycles. The average molecular weight is 179 g/mol. The van der Waals surface area contributed by atoms with E-state index in [4.69, 9.17) is 0 Å². The molecular weight excluding hydrogens is 174 g/mol. The maximum absolute atomic E-state index is 11.8. The molecule has 0 aliphatic rings. The minimum Gasteiger partial charge on any atom is -0.204 e. The second-order valence-corrected chi connectivity index (χ2v) is 1.90. The lowest BCUT2D eigenvalue weighted by molar-refractivity contribution is -0.135. The second kappa shape index (κ2) is 3.82. The highest BCUT2D eigenvalue weighted by molar-refractivity contribution is 4.73. The van der Waals surface area contributed by atoms with Gasteiger partial charge in [0.15, 0.2) is 0 Å². The van der Waals surface area contributed by atoms with Crippen LogP contribution in [0.2, 0.25) is 0 Å². The largest absolute Gasteiger partial charge is 0.310 e. The quantitative estimate of drug-likeness (QED) is 0.581. The SMILES string of the molecule is F[C](F)CCC(F)(F)C(F)F. The maximum atomic E-state index is 11.8. The van der Waals surface area contributed by atoms with E-state index in [-0.39, 0.29) is 0 Å². The fraction of sp³-hybridized carbons (Fsp3) is 0.800. The molecule has 67 valence electrons. The Balaban J connectivity index is 3.73. The van der Waals surface area contributed by atoms with Crippen LogP contribution in [0.15, 0.2) is 0 Å². The minimum atomic E-state index is -4.30. The van der Waals surface area contributed by atoms with E-state index < -0.39 is 31.6 Å². The fourth-order valence-corrected chi connectivity index (χ4v) is 0.370. The van der Waals surface area contributed by atoms with E-state index >= 15 is 0 Å². The monoisotopic (exact) mass is 179 g/mol. The van der Waals surface area contributed by atoms with Crippen molar-refractivity contribution in [3.05, 3.63) is 6.43 Å². The van der Waals surface area contributed by atoms with E-state index in [1.807, 2.05) is 0 Å². The summed E-state index contributed by atoms with van der Waals surface area (Å²) in [5.41, 5.74) is 0. The molecule has 0 nitrogen and oxygen atoms in total. The molecule has 0 aliphatic carbocycles. The summed E-state index contributed by atoms with van der Waals surface area (Å²) in [5.74, 6) is -4.30. The first-order valence-electron chi connectivity index (χ1n) is 2.69. The summed E-state index contributed by atoms with van der Waals surface area (Å²) in [6.45, 7) is 0. The van der Waals surface area contributed by atoms with E-state index in [2.05, 4.69) is 0 Å². The van der Waals surface area contributed by atoms with Gasteiger partial charge in [0.05, 0.1) is 0 Å². The van der Waals surface area contributed by atoms with Crippen molar-refractivity contribution in [2.45, 2.75) is 25.2 Å². The summed E-state index contributed by atoms with van der Waals surface area (Å²) in [7, 11) is 0. The van der Waals surface area contributed by atoms with Crippen LogP contribution < -0.4 is 0 Å². The van der Waals surface area contributed by atoms with Gasteiger partial charge in [0, 0.05) is 12.8 Å². The first-order chi connectivity index (χ1) is 4.86. The molecule has 0 aromatic heterocycles. The summed E-state index contributed by atoms with van der Waals surface area (Å²) < 4.78 is 68.5. The smallest absolute Gasteiger partial charge is 0.204 e. The Morgan fingerprint density at radius 1 is 1.18 bits per heavy atom. The minimum absolute atomic E-state index is 1.28. The van der Waals surface area contributed by atoms with Crippen molar-refractivity contribution in [3.8, 4) is 0 Å². The molecule has 0 N–H and O–H groups in total. The van der Waals surface area contributed by atoms with E-state index in [0.717, 1.165) is 0 Å². The lowest BCUT2D eigenvalue weighted by Crippen LogP contribution is -2.26. The van der Waals surface area contributed by atoms with Gasteiger partial charge in [-0.25, -0.2) is 17.6 Å². The van der Waals surface area contributed by atoms with E-state index in [0.29, 0.717) is 0 Å². The summed E-state index contributed by atoms with van der Waals surface area (Å²) in [6.07, 6.45) is -8.92. The van der Waals surface area contributed by atoms with Crippen LogP contribution in [0.25, 0.3) is 0 Å². The van der Waals surface area contributed by atoms with Crippen LogP contribution in [0, 0.1) is 6.43 Å². The molecular formula is C5H5F6. The standard InChI is InChI=1S/C5H5F6/c6-3(7)1-2-5(10,11)4(8)9/h4H,1-2H2. The zero-order valence-electron chi connectivity index (χ0n) is 5.26. The van der Waals surface area contributed by atoms with Gasteiger partial charge >= 0.3 is 18.8 Å². The van der Waals surface area contributed by atoms with Crippen molar-refractivity contribution >= 4 is 0 Å². The van der Waals surface area contributed by atoms with Gasteiger partial charge in [-0.2, -0.15) is 8.78 Å². The van der Waals surface area contributed by atoms with Gasteiger partial charge in [0.25, 0.3) is 0 Å². The van der Waals surface area contributed by atoms with Crippen LogP contribution in [-0.4, -0.2) is 12.3 Å². The molecule has 0 spiro atoms. The van der Waals surface area contributed by atoms with Crippen LogP contribution in [0.4, 0.5) is 26.3 Å². The Bertz CT molecular complexity index is 110. The third-order valence-corrected chi connectivity index (χ3v) is 0.967. The lowest BCUT2D eigenvalue weighted by atomic mass is 10.2. The van der Waals surface area contributed by atoms with E-state index in [1.54, 1.807) is 0 Å². The normalized spacial score (nSPS) is 13.1. The molecule has 0 fully saturated rings. The van der Waals surface area contributed by atoms with Crippen molar-refractivity contribution in [2.75, 3.05) is 0 Å². The molecule has 11 heavy (non-hydrogen) atoms. The molecule has 0 aliphatic heterocycles. The molecule has 1 radical (unpaired) electrons. The number of hydrogen-bond donors (Lipinski definition) is 0. The Kier molecular flexibility index (Phi) is 3.68. The first kappa shape index (κ1) is 10.6. The number of rotatable bonds is 4. The Morgan fingerprint density at radius 3 is 1.91 bits per heavy atom. The summed E-state index contributed by atoms with van der Waals surface area (Å²) in [6, 6.07) is 0. The predicted octanol–water partition coefficient (Wildman–Crippen LogP) is 3.10. The van der Waals surface area contributed by atoms with Crippen molar-refractivity contribution in [1.29, 1.82) is 0 Å². The van der Waals surface area contributed by atoms with Crippen LogP contribution in [0.1, 0.15) is 12.8 Å². The van der Waals surface area contributed by atoms with Gasteiger partial charge in [-0.15, -0.1) is 0 Å². The fourth-order valence-electron chi connectivity index (χ4n) is 0.370. The van der Waals surface area contributed by atoms with Crippen molar-refractivity contribution in [2.24, 2.45) is 0 Å². The van der Waals surface area contributed by atoms with Crippen LogP contribution >= 0.6 is 0 Å². The molecule has 0 saturated carbocycles. The highest BCUT2D eigenvalue weighted by atomic mass is 19.3. The van der Waals surface area contributed by atoms with E-state index in [1.165, 1.54) is 0 Å². The maximum Gasteiger partial charge on any atom is 0.310 e. The third kappa shape index (κ3) is 4.10. The topological polar surface area (TPSA) is 0 Å². The highest BCUT2D eigenvalue weighted by Gasteiger charge is 2.40. The zero-order chi connectivity index (χ0) is 9.07. The molecule has 0 bridgehead atoms. The van der Waals surface area contributed by atoms with Gasteiger partial charge in [-0.05, 0) is 0 Å². The van der Waals surface area contributed by atoms with Crippen LogP contribution in [0.5, 0.6) is 0 Å². The number of hydrogen-bond acceptors (Lipinski definition) is 0. The summed E-state index contributed by atoms with van der Waals surface area (Å²) >= 11 is 0. The van der Waals surface area contributed by atoms with Gasteiger partial charge in [0.2, 0.25) is 0 Å². The Hall–Kier alpha value is -0.420. The van der Waals surface area contributed by atoms with Gasteiger partial charge < -0.3 is 0 Å². The van der Waals surface area contributed by atoms with Gasteiger partial charge in [-0.1, -0.05) is 0 Å². The van der Waals surface area contributed by atoms with E-state index in [9.17, 15) is 26.3 Å². The zero-order valence-corrected chi connectivity index (χ0v) is 5.26. The second-order valence-electron chi connectivity index (χ2n) is 1.90. The highest BCUT2D eigenvalue weighted by Crippen LogP contribution is 2.30. The molecule has 0 heterocycles. The van der Waals surface area contributed by atoms with Crippen LogP contribution in [-0.2, 0) is 0 Å². The molecule has 0 saturated heterocycles. The number of halogens is 6. The predicted molar refractivity (Wildman–Crippen MR) is 25.6 cm³/mol. The molecule has 0 unspecified atom stereocenters. The Morgan fingerprint density at radius 2 is 1.64 bits per heavy atom. The van der Waals surface area contributed by atoms with Crippen LogP contribution in [0.3, 0.4) is 0 Å². The molecule has 6 heteroatoms. The summed E-state index contributed by atoms with van der Waals surface area (Å²) in [4.78, 5) is 0. The summed E-state index contributed by atoms with van der Waals surface area (Å²) in [5, 5.41) is 0. The molecule has 0 atom stereocenters. The molecule has 0 rings (SSSR count). The lowest BCUT2D eigenvalue weighted by Gasteiger charge is -2.13. The van der Waals surface area contributed by atoms with Crippen molar-refractivity contribution < 1.29 is 26.3 Å². The third-order valence-electron chi connectivity index (χ3n) is 0.967.